The van der Waals surface area contributed by atoms with Gasteiger partial charge in [-0.25, -0.2) is 0 Å². The summed E-state index contributed by atoms with van der Waals surface area (Å²) in [5.74, 6) is 2.41. The lowest BCUT2D eigenvalue weighted by Gasteiger charge is -2.30. The average molecular weight is 300 g/mol. The van der Waals surface area contributed by atoms with Crippen molar-refractivity contribution in [3.8, 4) is 5.75 Å². The molecule has 1 fully saturated rings. The zero-order chi connectivity index (χ0) is 15.5. The third-order valence-corrected chi connectivity index (χ3v) is 5.61. The van der Waals surface area contributed by atoms with Crippen LogP contribution in [0.25, 0.3) is 0 Å². The lowest BCUT2D eigenvalue weighted by atomic mass is 9.77. The highest BCUT2D eigenvalue weighted by molar-refractivity contribution is 5.78. The minimum atomic E-state index is -0.0428. The van der Waals surface area contributed by atoms with Gasteiger partial charge in [-0.1, -0.05) is 38.8 Å². The van der Waals surface area contributed by atoms with Crippen molar-refractivity contribution in [2.24, 2.45) is 11.8 Å². The molecule has 1 aliphatic carbocycles. The smallest absolute Gasteiger partial charge is 0.314 e. The third-order valence-electron chi connectivity index (χ3n) is 5.61. The van der Waals surface area contributed by atoms with Gasteiger partial charge in [0.05, 0.1) is 5.92 Å². The zero-order valence-electron chi connectivity index (χ0n) is 13.9. The van der Waals surface area contributed by atoms with E-state index in [1.807, 2.05) is 0 Å². The van der Waals surface area contributed by atoms with Crippen molar-refractivity contribution in [1.82, 2.24) is 0 Å². The predicted octanol–water partition coefficient (Wildman–Crippen LogP) is 5.25. The van der Waals surface area contributed by atoms with Gasteiger partial charge in [0.1, 0.15) is 5.75 Å². The van der Waals surface area contributed by atoms with Crippen LogP contribution >= 0.6 is 0 Å². The Balaban J connectivity index is 1.70. The van der Waals surface area contributed by atoms with E-state index in [9.17, 15) is 4.79 Å². The number of hydrogen-bond donors (Lipinski definition) is 0. The Morgan fingerprint density at radius 1 is 1.14 bits per heavy atom. The van der Waals surface area contributed by atoms with E-state index in [2.05, 4.69) is 32.0 Å². The van der Waals surface area contributed by atoms with Crippen LogP contribution < -0.4 is 4.74 Å². The first-order valence-corrected chi connectivity index (χ1v) is 9.05. The lowest BCUT2D eigenvalue weighted by molar-refractivity contribution is -0.140. The van der Waals surface area contributed by atoms with Crippen molar-refractivity contribution in [2.45, 2.75) is 71.1 Å². The normalized spacial score (nSPS) is 28.1. The first-order chi connectivity index (χ1) is 10.7. The summed E-state index contributed by atoms with van der Waals surface area (Å²) < 4.78 is 5.59. The van der Waals surface area contributed by atoms with E-state index in [0.717, 1.165) is 24.5 Å². The molecular weight excluding hydrogens is 272 g/mol. The molecule has 1 aromatic carbocycles. The van der Waals surface area contributed by atoms with Crippen LogP contribution in [0.4, 0.5) is 0 Å². The van der Waals surface area contributed by atoms with Crippen LogP contribution in [0.15, 0.2) is 18.2 Å². The topological polar surface area (TPSA) is 26.3 Å². The molecule has 1 saturated carbocycles. The van der Waals surface area contributed by atoms with Crippen molar-refractivity contribution in [2.75, 3.05) is 0 Å². The van der Waals surface area contributed by atoms with Crippen molar-refractivity contribution in [3.63, 3.8) is 0 Å². The minimum absolute atomic E-state index is 0.0428. The molecule has 0 N–H and O–H groups in total. The highest BCUT2D eigenvalue weighted by atomic mass is 16.5. The Morgan fingerprint density at radius 3 is 2.59 bits per heavy atom. The Labute approximate surface area is 134 Å². The number of fused-ring (bicyclic) bond motifs is 1. The second-order valence-electron chi connectivity index (χ2n) is 7.10. The van der Waals surface area contributed by atoms with Crippen LogP contribution in [0, 0.1) is 11.8 Å². The van der Waals surface area contributed by atoms with E-state index in [4.69, 9.17) is 4.74 Å². The van der Waals surface area contributed by atoms with Crippen molar-refractivity contribution in [1.29, 1.82) is 0 Å². The Bertz CT molecular complexity index is 527. The highest BCUT2D eigenvalue weighted by Gasteiger charge is 2.28. The van der Waals surface area contributed by atoms with Crippen LogP contribution in [0.2, 0.25) is 0 Å². The number of rotatable bonds is 4. The number of hydrogen-bond acceptors (Lipinski definition) is 2. The maximum atomic E-state index is 12.0. The molecule has 0 amide bonds. The molecule has 1 unspecified atom stereocenters. The molecule has 2 aliphatic rings. The second-order valence-corrected chi connectivity index (χ2v) is 7.10. The Morgan fingerprint density at radius 2 is 1.91 bits per heavy atom. The fourth-order valence-electron chi connectivity index (χ4n) is 4.13. The number of benzene rings is 1. The van der Waals surface area contributed by atoms with Crippen molar-refractivity contribution in [3.05, 3.63) is 29.3 Å². The van der Waals surface area contributed by atoms with Gasteiger partial charge >= 0.3 is 5.97 Å². The van der Waals surface area contributed by atoms with Crippen molar-refractivity contribution >= 4 is 5.97 Å². The maximum absolute atomic E-state index is 12.0. The first-order valence-electron chi connectivity index (χ1n) is 9.05. The van der Waals surface area contributed by atoms with Gasteiger partial charge in [-0.15, -0.1) is 0 Å². The van der Waals surface area contributed by atoms with E-state index >= 15 is 0 Å². The number of carbonyl (C=O) groups is 1. The fraction of sp³-hybridized carbons (Fsp3) is 0.650. The second kappa shape index (κ2) is 6.85. The molecule has 0 bridgehead atoms. The lowest BCUT2D eigenvalue weighted by Crippen LogP contribution is -2.27. The molecule has 3 rings (SSSR count). The van der Waals surface area contributed by atoms with Crippen LogP contribution in [0.1, 0.15) is 75.8 Å². The molecule has 0 spiro atoms. The largest absolute Gasteiger partial charge is 0.426 e. The van der Waals surface area contributed by atoms with E-state index in [1.165, 1.54) is 49.7 Å². The minimum Gasteiger partial charge on any atom is -0.426 e. The summed E-state index contributed by atoms with van der Waals surface area (Å²) in [6.45, 7) is 4.34. The molecule has 0 aromatic heterocycles. The van der Waals surface area contributed by atoms with Crippen molar-refractivity contribution < 1.29 is 9.53 Å². The summed E-state index contributed by atoms with van der Waals surface area (Å²) in [4.78, 5) is 12.0. The summed E-state index contributed by atoms with van der Waals surface area (Å²) in [6.07, 6.45) is 9.68. The number of esters is 1. The van der Waals surface area contributed by atoms with Gasteiger partial charge in [0.15, 0.2) is 0 Å². The number of ether oxygens (including phenoxy) is 1. The van der Waals surface area contributed by atoms with Gasteiger partial charge in [0, 0.05) is 0 Å². The molecule has 2 nitrogen and oxygen atoms in total. The maximum Gasteiger partial charge on any atom is 0.314 e. The molecule has 2 heteroatoms. The summed E-state index contributed by atoms with van der Waals surface area (Å²) in [7, 11) is 0. The summed E-state index contributed by atoms with van der Waals surface area (Å²) in [5.41, 5.74) is 2.58. The Kier molecular flexibility index (Phi) is 4.85. The molecule has 120 valence electrons. The van der Waals surface area contributed by atoms with Gasteiger partial charge in [-0.05, 0) is 67.6 Å². The SMILES string of the molecule is CCCC1CCC(c2ccc3c(c2)OC(=O)C(CC)C3)CC1. The molecular formula is C20H28O2. The fourth-order valence-corrected chi connectivity index (χ4v) is 4.13. The van der Waals surface area contributed by atoms with E-state index < -0.39 is 0 Å². The van der Waals surface area contributed by atoms with Crippen LogP contribution in [0.5, 0.6) is 5.75 Å². The average Bonchev–Trinajstić information content (AvgIpc) is 2.54. The van der Waals surface area contributed by atoms with Crippen LogP contribution in [0.3, 0.4) is 0 Å². The summed E-state index contributed by atoms with van der Waals surface area (Å²) in [6, 6.07) is 6.61. The van der Waals surface area contributed by atoms with Gasteiger partial charge in [0.2, 0.25) is 0 Å². The molecule has 22 heavy (non-hydrogen) atoms. The highest BCUT2D eigenvalue weighted by Crippen LogP contribution is 2.40. The quantitative estimate of drug-likeness (QED) is 0.561. The monoisotopic (exact) mass is 300 g/mol. The predicted molar refractivity (Wildman–Crippen MR) is 89.2 cm³/mol. The molecule has 1 atom stereocenters. The van der Waals surface area contributed by atoms with Crippen LogP contribution in [-0.2, 0) is 11.2 Å². The first kappa shape index (κ1) is 15.6. The standard InChI is InChI=1S/C20H28O2/c1-3-5-14-6-8-16(9-7-14)17-10-11-18-12-15(4-2)20(21)22-19(18)13-17/h10-11,13-16H,3-9,12H2,1-2H3. The zero-order valence-corrected chi connectivity index (χ0v) is 13.9. The van der Waals surface area contributed by atoms with Crippen LogP contribution in [-0.4, -0.2) is 5.97 Å². The molecule has 1 aliphatic heterocycles. The van der Waals surface area contributed by atoms with Gasteiger partial charge in [0.25, 0.3) is 0 Å². The molecule has 1 aromatic rings. The van der Waals surface area contributed by atoms with Gasteiger partial charge in [-0.3, -0.25) is 4.79 Å². The molecule has 0 radical (unpaired) electrons. The molecule has 1 heterocycles. The summed E-state index contributed by atoms with van der Waals surface area (Å²) >= 11 is 0. The van der Waals surface area contributed by atoms with Gasteiger partial charge in [-0.2, -0.15) is 0 Å². The van der Waals surface area contributed by atoms with E-state index in [1.54, 1.807) is 0 Å². The molecule has 0 saturated heterocycles. The Hall–Kier alpha value is -1.31. The van der Waals surface area contributed by atoms with E-state index in [-0.39, 0.29) is 11.9 Å². The third kappa shape index (κ3) is 3.21. The summed E-state index contributed by atoms with van der Waals surface area (Å²) in [5, 5.41) is 0. The van der Waals surface area contributed by atoms with E-state index in [0.29, 0.717) is 5.92 Å². The number of carbonyl (C=O) groups excluding carboxylic acids is 1. The van der Waals surface area contributed by atoms with Gasteiger partial charge < -0.3 is 4.74 Å².